The Kier molecular flexibility index (Phi) is 6.03. The van der Waals surface area contributed by atoms with Crippen LogP contribution in [0.15, 0.2) is 12.1 Å². The molecule has 1 aromatic rings. The number of thioether (sulfide) groups is 1. The molecule has 0 radical (unpaired) electrons. The number of carbonyl (C=O) groups is 1. The molecular weight excluding hydrogens is 267 g/mol. The van der Waals surface area contributed by atoms with Crippen LogP contribution in [0.25, 0.3) is 0 Å². The van der Waals surface area contributed by atoms with Crippen molar-refractivity contribution in [2.75, 3.05) is 18.6 Å². The highest BCUT2D eigenvalue weighted by Gasteiger charge is 2.09. The van der Waals surface area contributed by atoms with Gasteiger partial charge in [-0.25, -0.2) is 0 Å². The molecule has 1 aromatic carbocycles. The molecule has 0 atom stereocenters. The topological polar surface area (TPSA) is 26.3 Å². The molecule has 0 saturated carbocycles. The van der Waals surface area contributed by atoms with Gasteiger partial charge in [0.15, 0.2) is 6.29 Å². The minimum atomic E-state index is 0.374. The monoisotopic (exact) mass is 278 g/mol. The summed E-state index contributed by atoms with van der Waals surface area (Å²) >= 11 is 13.5. The van der Waals surface area contributed by atoms with Gasteiger partial charge < -0.3 is 4.74 Å². The minimum Gasteiger partial charge on any atom is -0.491 e. The fourth-order valence-corrected chi connectivity index (χ4v) is 2.17. The second-order valence-corrected chi connectivity index (χ2v) is 4.95. The Hall–Kier alpha value is -0.380. The van der Waals surface area contributed by atoms with Crippen molar-refractivity contribution in [2.45, 2.75) is 6.42 Å². The molecule has 0 amide bonds. The third-order valence-corrected chi connectivity index (χ3v) is 3.10. The first-order valence-electron chi connectivity index (χ1n) is 4.75. The molecule has 0 aliphatic rings. The molecule has 2 nitrogen and oxygen atoms in total. The van der Waals surface area contributed by atoms with Crippen LogP contribution in [-0.2, 0) is 0 Å². The molecule has 0 saturated heterocycles. The van der Waals surface area contributed by atoms with Gasteiger partial charge in [-0.15, -0.1) is 0 Å². The highest BCUT2D eigenvalue weighted by molar-refractivity contribution is 7.98. The van der Waals surface area contributed by atoms with Crippen LogP contribution in [0.1, 0.15) is 16.8 Å². The first-order chi connectivity index (χ1) is 7.69. The average Bonchev–Trinajstić information content (AvgIpc) is 2.26. The first kappa shape index (κ1) is 13.7. The van der Waals surface area contributed by atoms with E-state index in [1.807, 2.05) is 6.26 Å². The van der Waals surface area contributed by atoms with Crippen LogP contribution in [0, 0.1) is 0 Å². The third kappa shape index (κ3) is 3.89. The van der Waals surface area contributed by atoms with Crippen molar-refractivity contribution in [2.24, 2.45) is 0 Å². The zero-order chi connectivity index (χ0) is 12.0. The lowest BCUT2D eigenvalue weighted by Gasteiger charge is -2.10. The maximum atomic E-state index is 10.8. The summed E-state index contributed by atoms with van der Waals surface area (Å²) in [5.74, 6) is 1.43. The van der Waals surface area contributed by atoms with E-state index in [1.54, 1.807) is 23.9 Å². The van der Waals surface area contributed by atoms with Gasteiger partial charge >= 0.3 is 0 Å². The van der Waals surface area contributed by atoms with Crippen LogP contribution in [0.2, 0.25) is 10.0 Å². The smallest absolute Gasteiger partial charge is 0.153 e. The molecule has 0 bridgehead atoms. The van der Waals surface area contributed by atoms with E-state index in [4.69, 9.17) is 27.9 Å². The molecule has 0 N–H and O–H groups in total. The summed E-state index contributed by atoms with van der Waals surface area (Å²) in [6.07, 6.45) is 3.65. The molecule has 0 aliphatic heterocycles. The van der Waals surface area contributed by atoms with Gasteiger partial charge in [-0.05, 0) is 30.6 Å². The zero-order valence-corrected chi connectivity index (χ0v) is 11.2. The summed E-state index contributed by atoms with van der Waals surface area (Å²) in [5.41, 5.74) is 0.390. The minimum absolute atomic E-state index is 0.374. The number of benzene rings is 1. The van der Waals surface area contributed by atoms with Gasteiger partial charge in [-0.2, -0.15) is 11.8 Å². The van der Waals surface area contributed by atoms with E-state index in [1.165, 1.54) is 0 Å². The van der Waals surface area contributed by atoms with Crippen LogP contribution < -0.4 is 4.74 Å². The number of halogens is 2. The molecule has 16 heavy (non-hydrogen) atoms. The third-order valence-electron chi connectivity index (χ3n) is 1.90. The van der Waals surface area contributed by atoms with Crippen LogP contribution in [0.4, 0.5) is 0 Å². The molecule has 88 valence electrons. The molecular formula is C11H12Cl2O2S. The van der Waals surface area contributed by atoms with Crippen LogP contribution >= 0.6 is 35.0 Å². The fraction of sp³-hybridized carbons (Fsp3) is 0.364. The van der Waals surface area contributed by atoms with Gasteiger partial charge in [0.1, 0.15) is 5.75 Å². The number of hydrogen-bond donors (Lipinski definition) is 0. The van der Waals surface area contributed by atoms with Gasteiger partial charge in [0.25, 0.3) is 0 Å². The molecule has 0 spiro atoms. The van der Waals surface area contributed by atoms with Gasteiger partial charge in [0.2, 0.25) is 0 Å². The standard InChI is InChI=1S/C11H12Cl2O2S/c1-16-4-2-3-15-11-8(7-14)5-9(12)6-10(11)13/h5-7H,2-4H2,1H3. The lowest BCUT2D eigenvalue weighted by Crippen LogP contribution is -2.01. The summed E-state index contributed by atoms with van der Waals surface area (Å²) < 4.78 is 5.48. The van der Waals surface area contributed by atoms with E-state index >= 15 is 0 Å². The Balaban J connectivity index is 2.74. The van der Waals surface area contributed by atoms with Gasteiger partial charge in [0, 0.05) is 5.02 Å². The summed E-state index contributed by atoms with van der Waals surface area (Å²) in [4.78, 5) is 10.8. The molecule has 0 fully saturated rings. The predicted molar refractivity (Wildman–Crippen MR) is 70.3 cm³/mol. The Labute approximate surface area is 109 Å². The molecule has 0 aliphatic carbocycles. The van der Waals surface area contributed by atoms with Crippen molar-refractivity contribution in [3.63, 3.8) is 0 Å². The van der Waals surface area contributed by atoms with Crippen molar-refractivity contribution < 1.29 is 9.53 Å². The van der Waals surface area contributed by atoms with Crippen molar-refractivity contribution >= 4 is 41.2 Å². The van der Waals surface area contributed by atoms with E-state index in [-0.39, 0.29) is 0 Å². The Morgan fingerprint density at radius 1 is 1.44 bits per heavy atom. The van der Waals surface area contributed by atoms with Gasteiger partial charge in [-0.3, -0.25) is 4.79 Å². The lowest BCUT2D eigenvalue weighted by molar-refractivity contribution is 0.111. The fourth-order valence-electron chi connectivity index (χ4n) is 1.20. The SMILES string of the molecule is CSCCCOc1c(Cl)cc(Cl)cc1C=O. The molecule has 0 heterocycles. The number of aldehydes is 1. The highest BCUT2D eigenvalue weighted by atomic mass is 35.5. The van der Waals surface area contributed by atoms with Gasteiger partial charge in [-0.1, -0.05) is 23.2 Å². The van der Waals surface area contributed by atoms with E-state index in [2.05, 4.69) is 0 Å². The van der Waals surface area contributed by atoms with Crippen molar-refractivity contribution in [3.05, 3.63) is 27.7 Å². The Bertz CT molecular complexity index is 369. The molecule has 5 heteroatoms. The Morgan fingerprint density at radius 3 is 2.81 bits per heavy atom. The maximum Gasteiger partial charge on any atom is 0.153 e. The maximum absolute atomic E-state index is 10.8. The van der Waals surface area contributed by atoms with Crippen LogP contribution in [-0.4, -0.2) is 24.9 Å². The summed E-state index contributed by atoms with van der Waals surface area (Å²) in [6, 6.07) is 3.12. The Morgan fingerprint density at radius 2 is 2.19 bits per heavy atom. The zero-order valence-electron chi connectivity index (χ0n) is 8.83. The molecule has 0 aromatic heterocycles. The van der Waals surface area contributed by atoms with Crippen molar-refractivity contribution in [1.29, 1.82) is 0 Å². The number of ether oxygens (including phenoxy) is 1. The number of hydrogen-bond acceptors (Lipinski definition) is 3. The summed E-state index contributed by atoms with van der Waals surface area (Å²) in [7, 11) is 0. The van der Waals surface area contributed by atoms with Gasteiger partial charge in [0.05, 0.1) is 17.2 Å². The van der Waals surface area contributed by atoms with Crippen molar-refractivity contribution in [3.8, 4) is 5.75 Å². The number of carbonyl (C=O) groups excluding carboxylic acids is 1. The van der Waals surface area contributed by atoms with Crippen molar-refractivity contribution in [1.82, 2.24) is 0 Å². The normalized spacial score (nSPS) is 10.2. The molecule has 1 rings (SSSR count). The van der Waals surface area contributed by atoms with E-state index in [0.29, 0.717) is 34.3 Å². The quantitative estimate of drug-likeness (QED) is 0.583. The van der Waals surface area contributed by atoms with E-state index in [0.717, 1.165) is 12.2 Å². The van der Waals surface area contributed by atoms with E-state index in [9.17, 15) is 4.79 Å². The summed E-state index contributed by atoms with van der Waals surface area (Å²) in [6.45, 7) is 0.545. The highest BCUT2D eigenvalue weighted by Crippen LogP contribution is 2.31. The van der Waals surface area contributed by atoms with E-state index < -0.39 is 0 Å². The number of rotatable bonds is 6. The largest absolute Gasteiger partial charge is 0.491 e. The second kappa shape index (κ2) is 7.05. The molecule has 0 unspecified atom stereocenters. The lowest BCUT2D eigenvalue weighted by atomic mass is 10.2. The first-order valence-corrected chi connectivity index (χ1v) is 6.90. The average molecular weight is 279 g/mol. The predicted octanol–water partition coefficient (Wildman–Crippen LogP) is 3.94. The van der Waals surface area contributed by atoms with Crippen LogP contribution in [0.5, 0.6) is 5.75 Å². The summed E-state index contributed by atoms with van der Waals surface area (Å²) in [5, 5.41) is 0.808. The second-order valence-electron chi connectivity index (χ2n) is 3.12. The van der Waals surface area contributed by atoms with Crippen LogP contribution in [0.3, 0.4) is 0 Å².